The van der Waals surface area contributed by atoms with Crippen molar-refractivity contribution in [2.45, 2.75) is 19.4 Å². The van der Waals surface area contributed by atoms with E-state index >= 15 is 0 Å². The molecule has 1 saturated heterocycles. The maximum absolute atomic E-state index is 15.0. The number of hydroxylamine groups is 1. The molecule has 3 heterocycles. The Morgan fingerprint density at radius 2 is 2.11 bits per heavy atom. The second kappa shape index (κ2) is 10.5. The topological polar surface area (TPSA) is 130 Å². The number of benzene rings is 1. The van der Waals surface area contributed by atoms with E-state index in [0.717, 1.165) is 6.26 Å². The number of halogens is 1. The van der Waals surface area contributed by atoms with Crippen molar-refractivity contribution in [3.63, 3.8) is 0 Å². The number of amides is 2. The first-order valence-corrected chi connectivity index (χ1v) is 13.0. The van der Waals surface area contributed by atoms with Gasteiger partial charge < -0.3 is 15.0 Å². The molecule has 0 spiro atoms. The van der Waals surface area contributed by atoms with Crippen molar-refractivity contribution in [2.24, 2.45) is 0 Å². The number of cyclic esters (lactones) is 1. The predicted molar refractivity (Wildman–Crippen MR) is 130 cm³/mol. The Morgan fingerprint density at radius 3 is 2.72 bits per heavy atom. The first-order chi connectivity index (χ1) is 17.1. The van der Waals surface area contributed by atoms with Gasteiger partial charge in [0.1, 0.15) is 17.7 Å². The van der Waals surface area contributed by atoms with Crippen LogP contribution in [0.5, 0.6) is 0 Å². The lowest BCUT2D eigenvalue weighted by Gasteiger charge is -2.27. The number of ether oxygens (including phenoxy) is 1. The lowest BCUT2D eigenvalue weighted by atomic mass is 10.1. The molecular weight excluding hydrogens is 493 g/mol. The van der Waals surface area contributed by atoms with Gasteiger partial charge in [-0.3, -0.25) is 15.2 Å². The molecule has 4 rings (SSSR count). The summed E-state index contributed by atoms with van der Waals surface area (Å²) < 4.78 is 47.0. The van der Waals surface area contributed by atoms with Crippen LogP contribution in [-0.2, 0) is 23.9 Å². The Kier molecular flexibility index (Phi) is 7.40. The number of hydrogen-bond acceptors (Lipinski definition) is 9. The summed E-state index contributed by atoms with van der Waals surface area (Å²) in [6.07, 6.45) is 3.78. The Balaban J connectivity index is 1.39. The lowest BCUT2D eigenvalue weighted by molar-refractivity contribution is -0.119. The van der Waals surface area contributed by atoms with Crippen molar-refractivity contribution in [3.8, 4) is 11.1 Å². The highest BCUT2D eigenvalue weighted by Gasteiger charge is 2.32. The molecule has 2 N–H and O–H groups in total. The number of pyridine rings is 1. The summed E-state index contributed by atoms with van der Waals surface area (Å²) in [4.78, 5) is 31.0. The van der Waals surface area contributed by atoms with Gasteiger partial charge in [-0.2, -0.15) is 12.7 Å². The van der Waals surface area contributed by atoms with Gasteiger partial charge in [-0.1, -0.05) is 0 Å². The van der Waals surface area contributed by atoms with Crippen LogP contribution < -0.4 is 20.6 Å². The molecule has 36 heavy (non-hydrogen) atoms. The Bertz CT molecular complexity index is 1280. The maximum atomic E-state index is 15.0. The molecule has 11 nitrogen and oxygen atoms in total. The van der Waals surface area contributed by atoms with E-state index in [0.29, 0.717) is 47.8 Å². The van der Waals surface area contributed by atoms with E-state index in [1.54, 1.807) is 30.5 Å². The zero-order valence-corrected chi connectivity index (χ0v) is 20.5. The van der Waals surface area contributed by atoms with Gasteiger partial charge in [-0.05, 0) is 36.4 Å². The van der Waals surface area contributed by atoms with Crippen LogP contribution in [0.25, 0.3) is 11.1 Å². The smallest absolute Gasteiger partial charge is 0.414 e. The minimum Gasteiger partial charge on any atom is -0.442 e. The third kappa shape index (κ3) is 6.29. The zero-order valence-electron chi connectivity index (χ0n) is 19.7. The molecule has 0 radical (unpaired) electrons. The Hall–Kier alpha value is -3.71. The number of hydrogen-bond donors (Lipinski definition) is 2. The number of nitrogens with one attached hydrogen (secondary N) is 2. The second-order valence-electron chi connectivity index (χ2n) is 8.44. The Labute approximate surface area is 208 Å². The van der Waals surface area contributed by atoms with Crippen LogP contribution in [-0.4, -0.2) is 63.9 Å². The molecule has 13 heteroatoms. The summed E-state index contributed by atoms with van der Waals surface area (Å²) in [6, 6.07) is 8.04. The zero-order chi connectivity index (χ0) is 25.9. The normalized spacial score (nSPS) is 18.0. The third-order valence-corrected chi connectivity index (χ3v) is 6.02. The average molecular weight is 520 g/mol. The highest BCUT2D eigenvalue weighted by atomic mass is 32.2. The van der Waals surface area contributed by atoms with Crippen molar-refractivity contribution >= 4 is 33.6 Å². The van der Waals surface area contributed by atoms with Crippen LogP contribution in [0.4, 0.5) is 20.7 Å². The van der Waals surface area contributed by atoms with Crippen LogP contribution in [0.1, 0.15) is 13.3 Å². The van der Waals surface area contributed by atoms with Crippen LogP contribution in [0.2, 0.25) is 0 Å². The molecule has 2 aliphatic heterocycles. The highest BCUT2D eigenvalue weighted by Crippen LogP contribution is 2.30. The van der Waals surface area contributed by atoms with Gasteiger partial charge in [0.05, 0.1) is 25.0 Å². The summed E-state index contributed by atoms with van der Waals surface area (Å²) in [6.45, 7) is 2.86. The second-order valence-corrected chi connectivity index (χ2v) is 10.0. The molecule has 0 unspecified atom stereocenters. The molecular formula is C23H26FN5O6S. The van der Waals surface area contributed by atoms with Crippen LogP contribution in [0, 0.1) is 5.82 Å². The van der Waals surface area contributed by atoms with Crippen molar-refractivity contribution < 1.29 is 31.4 Å². The summed E-state index contributed by atoms with van der Waals surface area (Å²) in [5, 5.41) is 2.60. The highest BCUT2D eigenvalue weighted by molar-refractivity contribution is 7.85. The number of aromatic nitrogens is 1. The molecule has 2 aliphatic rings. The van der Waals surface area contributed by atoms with Crippen LogP contribution in [0.15, 0.2) is 48.3 Å². The van der Waals surface area contributed by atoms with Gasteiger partial charge in [0.2, 0.25) is 5.91 Å². The van der Waals surface area contributed by atoms with Crippen molar-refractivity contribution in [1.29, 1.82) is 0 Å². The number of anilines is 2. The van der Waals surface area contributed by atoms with E-state index < -0.39 is 28.1 Å². The molecule has 1 fully saturated rings. The van der Waals surface area contributed by atoms with Gasteiger partial charge >= 0.3 is 6.09 Å². The fourth-order valence-corrected chi connectivity index (χ4v) is 4.09. The third-order valence-electron chi connectivity index (χ3n) is 5.63. The molecule has 1 aromatic carbocycles. The van der Waals surface area contributed by atoms with Gasteiger partial charge in [0.15, 0.2) is 0 Å². The number of nitrogens with zero attached hydrogens (tertiary/aromatic N) is 3. The molecule has 2 amide bonds. The van der Waals surface area contributed by atoms with E-state index in [2.05, 4.69) is 20.1 Å². The van der Waals surface area contributed by atoms with Crippen molar-refractivity contribution in [2.75, 3.05) is 42.2 Å². The monoisotopic (exact) mass is 519 g/mol. The number of carbonyl (C=O) groups excluding carboxylic acids is 2. The molecule has 0 bridgehead atoms. The van der Waals surface area contributed by atoms with E-state index in [1.165, 1.54) is 17.9 Å². The van der Waals surface area contributed by atoms with Crippen molar-refractivity contribution in [3.05, 3.63) is 54.1 Å². The first kappa shape index (κ1) is 25.4. The number of rotatable bonds is 8. The van der Waals surface area contributed by atoms with Crippen LogP contribution >= 0.6 is 0 Å². The summed E-state index contributed by atoms with van der Waals surface area (Å²) in [5.74, 6) is -0.0416. The minimum absolute atomic E-state index is 0.190. The molecule has 2 aromatic rings. The molecule has 192 valence electrons. The van der Waals surface area contributed by atoms with Gasteiger partial charge in [0.25, 0.3) is 10.1 Å². The standard InChI is InChI=1S/C23H26FN5O6S/c1-15(30)25-13-19-14-29(23(31)34-19)18-4-5-20(21(24)11-18)16-3-6-22(26-12-16)28-9-7-17(8-10-28)27-35-36(2,32)33/h3-7,11-12,19,27H,8-10,13-14H2,1-2H3,(H,25,30)/t19-/m0/s1. The fraction of sp³-hybridized carbons (Fsp3) is 0.348. The van der Waals surface area contributed by atoms with Crippen LogP contribution in [0.3, 0.4) is 0 Å². The number of carbonyl (C=O) groups is 2. The summed E-state index contributed by atoms with van der Waals surface area (Å²) in [7, 11) is -3.59. The van der Waals surface area contributed by atoms with E-state index in [9.17, 15) is 22.4 Å². The van der Waals surface area contributed by atoms with Gasteiger partial charge in [0, 0.05) is 49.5 Å². The summed E-state index contributed by atoms with van der Waals surface area (Å²) >= 11 is 0. The molecule has 0 saturated carbocycles. The largest absolute Gasteiger partial charge is 0.442 e. The Morgan fingerprint density at radius 1 is 1.31 bits per heavy atom. The van der Waals surface area contributed by atoms with Gasteiger partial charge in [-0.15, -0.1) is 0 Å². The van der Waals surface area contributed by atoms with E-state index in [1.807, 2.05) is 11.0 Å². The van der Waals surface area contributed by atoms with E-state index in [-0.39, 0.29) is 19.0 Å². The van der Waals surface area contributed by atoms with Crippen molar-refractivity contribution in [1.82, 2.24) is 15.8 Å². The maximum Gasteiger partial charge on any atom is 0.414 e. The quantitative estimate of drug-likeness (QED) is 0.503. The average Bonchev–Trinajstić information content (AvgIpc) is 3.22. The molecule has 1 atom stereocenters. The SMILES string of the molecule is CC(=O)NC[C@H]1CN(c2ccc(-c3ccc(N4CC=C(NOS(C)(=O)=O)CC4)nc3)c(F)c2)C(=O)O1. The van der Waals surface area contributed by atoms with E-state index in [4.69, 9.17) is 4.74 Å². The summed E-state index contributed by atoms with van der Waals surface area (Å²) in [5.41, 5.74) is 4.39. The molecule has 0 aliphatic carbocycles. The molecule has 1 aromatic heterocycles. The predicted octanol–water partition coefficient (Wildman–Crippen LogP) is 1.92. The fourth-order valence-electron chi connectivity index (χ4n) is 3.83. The first-order valence-electron chi connectivity index (χ1n) is 11.2. The van der Waals surface area contributed by atoms with Gasteiger partial charge in [-0.25, -0.2) is 14.2 Å². The minimum atomic E-state index is -3.59. The lowest BCUT2D eigenvalue weighted by Crippen LogP contribution is -2.33.